The quantitative estimate of drug-likeness (QED) is 0.667. The summed E-state index contributed by atoms with van der Waals surface area (Å²) in [5, 5.41) is 3.62. The van der Waals surface area contributed by atoms with Gasteiger partial charge in [0, 0.05) is 31.7 Å². The molecule has 0 rings (SSSR count). The molecule has 2 heteroatoms. The van der Waals surface area contributed by atoms with Gasteiger partial charge in [-0.25, -0.2) is 0 Å². The van der Waals surface area contributed by atoms with Crippen molar-refractivity contribution < 1.29 is 0 Å². The van der Waals surface area contributed by atoms with Crippen molar-refractivity contribution in [2.75, 3.05) is 19.6 Å². The van der Waals surface area contributed by atoms with Gasteiger partial charge >= 0.3 is 0 Å². The average Bonchev–Trinajstić information content (AvgIpc) is 2.23. The first kappa shape index (κ1) is 16.9. The summed E-state index contributed by atoms with van der Waals surface area (Å²) < 4.78 is 0. The van der Waals surface area contributed by atoms with E-state index in [9.17, 15) is 0 Å². The Morgan fingerprint density at radius 3 is 1.71 bits per heavy atom. The molecule has 2 atom stereocenters. The molecule has 2 nitrogen and oxygen atoms in total. The highest BCUT2D eigenvalue weighted by Crippen LogP contribution is 2.08. The van der Waals surface area contributed by atoms with Crippen molar-refractivity contribution in [3.05, 3.63) is 0 Å². The van der Waals surface area contributed by atoms with Gasteiger partial charge in [0.15, 0.2) is 0 Å². The Morgan fingerprint density at radius 1 is 0.882 bits per heavy atom. The minimum atomic E-state index is 0.633. The first-order valence-corrected chi connectivity index (χ1v) is 7.34. The van der Waals surface area contributed by atoms with Crippen LogP contribution in [0.5, 0.6) is 0 Å². The maximum absolute atomic E-state index is 3.62. The zero-order chi connectivity index (χ0) is 13.4. The molecule has 0 saturated heterocycles. The lowest BCUT2D eigenvalue weighted by molar-refractivity contribution is 0.161. The van der Waals surface area contributed by atoms with Gasteiger partial charge in [0.2, 0.25) is 0 Å². The maximum Gasteiger partial charge on any atom is 0.0192 e. The highest BCUT2D eigenvalue weighted by molar-refractivity contribution is 4.73. The number of nitrogens with one attached hydrogen (secondary N) is 1. The SMILES string of the molecule is CCC(C)NCC(C)N(CC(C)C)CC(C)C. The van der Waals surface area contributed by atoms with Crippen molar-refractivity contribution in [1.29, 1.82) is 0 Å². The van der Waals surface area contributed by atoms with Gasteiger partial charge in [0.1, 0.15) is 0 Å². The summed E-state index contributed by atoms with van der Waals surface area (Å²) in [6.07, 6.45) is 1.21. The van der Waals surface area contributed by atoms with Crippen molar-refractivity contribution in [1.82, 2.24) is 10.2 Å². The first-order valence-electron chi connectivity index (χ1n) is 7.34. The summed E-state index contributed by atoms with van der Waals surface area (Å²) in [5.74, 6) is 1.50. The lowest BCUT2D eigenvalue weighted by Crippen LogP contribution is -2.45. The summed E-state index contributed by atoms with van der Waals surface area (Å²) in [5.41, 5.74) is 0. The topological polar surface area (TPSA) is 15.3 Å². The molecule has 0 fully saturated rings. The van der Waals surface area contributed by atoms with E-state index in [-0.39, 0.29) is 0 Å². The molecule has 2 unspecified atom stereocenters. The van der Waals surface area contributed by atoms with E-state index in [1.54, 1.807) is 0 Å². The molecule has 0 aromatic carbocycles. The van der Waals surface area contributed by atoms with Gasteiger partial charge in [-0.1, -0.05) is 34.6 Å². The van der Waals surface area contributed by atoms with Crippen LogP contribution in [-0.4, -0.2) is 36.6 Å². The van der Waals surface area contributed by atoms with Crippen LogP contribution in [0, 0.1) is 11.8 Å². The summed E-state index contributed by atoms with van der Waals surface area (Å²) in [6, 6.07) is 1.27. The second kappa shape index (κ2) is 8.93. The van der Waals surface area contributed by atoms with E-state index in [2.05, 4.69) is 58.7 Å². The predicted octanol–water partition coefficient (Wildman–Crippen LogP) is 3.38. The Labute approximate surface area is 109 Å². The molecule has 0 heterocycles. The van der Waals surface area contributed by atoms with Gasteiger partial charge in [-0.15, -0.1) is 0 Å². The number of hydrogen-bond donors (Lipinski definition) is 1. The highest BCUT2D eigenvalue weighted by atomic mass is 15.2. The van der Waals surface area contributed by atoms with Gasteiger partial charge < -0.3 is 5.32 Å². The summed E-state index contributed by atoms with van der Waals surface area (Å²) in [7, 11) is 0. The normalized spacial score (nSPS) is 15.9. The highest BCUT2D eigenvalue weighted by Gasteiger charge is 2.16. The molecule has 0 bridgehead atoms. The monoisotopic (exact) mass is 242 g/mol. The van der Waals surface area contributed by atoms with Crippen LogP contribution in [0.4, 0.5) is 0 Å². The summed E-state index contributed by atoms with van der Waals surface area (Å²) >= 11 is 0. The summed E-state index contributed by atoms with van der Waals surface area (Å²) in [6.45, 7) is 19.6. The average molecular weight is 242 g/mol. The minimum absolute atomic E-state index is 0.633. The van der Waals surface area contributed by atoms with Crippen molar-refractivity contribution in [3.8, 4) is 0 Å². The summed E-state index contributed by atoms with van der Waals surface area (Å²) in [4.78, 5) is 2.63. The van der Waals surface area contributed by atoms with E-state index in [0.717, 1.165) is 18.4 Å². The van der Waals surface area contributed by atoms with Crippen LogP contribution in [0.25, 0.3) is 0 Å². The van der Waals surface area contributed by atoms with Crippen LogP contribution in [0.1, 0.15) is 54.9 Å². The molecule has 0 aromatic heterocycles. The lowest BCUT2D eigenvalue weighted by Gasteiger charge is -2.33. The van der Waals surface area contributed by atoms with Crippen molar-refractivity contribution >= 4 is 0 Å². The Kier molecular flexibility index (Phi) is 8.89. The van der Waals surface area contributed by atoms with Crippen LogP contribution in [0.15, 0.2) is 0 Å². The molecular formula is C15H34N2. The third-order valence-corrected chi connectivity index (χ3v) is 3.20. The lowest BCUT2D eigenvalue weighted by atomic mass is 10.1. The second-order valence-corrected chi connectivity index (χ2v) is 6.31. The van der Waals surface area contributed by atoms with E-state index < -0.39 is 0 Å². The fourth-order valence-electron chi connectivity index (χ4n) is 2.02. The molecule has 17 heavy (non-hydrogen) atoms. The van der Waals surface area contributed by atoms with Crippen molar-refractivity contribution in [3.63, 3.8) is 0 Å². The first-order chi connectivity index (χ1) is 7.86. The van der Waals surface area contributed by atoms with Crippen LogP contribution in [0.3, 0.4) is 0 Å². The van der Waals surface area contributed by atoms with Crippen LogP contribution in [-0.2, 0) is 0 Å². The number of hydrogen-bond acceptors (Lipinski definition) is 2. The maximum atomic E-state index is 3.62. The molecule has 0 aliphatic heterocycles. The van der Waals surface area contributed by atoms with E-state index in [1.807, 2.05) is 0 Å². The van der Waals surface area contributed by atoms with Gasteiger partial charge in [-0.05, 0) is 32.1 Å². The standard InChI is InChI=1S/C15H34N2/c1-8-14(6)16-9-15(7)17(10-12(2)3)11-13(4)5/h12-16H,8-11H2,1-7H3. The Bertz CT molecular complexity index is 168. The smallest absolute Gasteiger partial charge is 0.0192 e. The molecule has 0 radical (unpaired) electrons. The third-order valence-electron chi connectivity index (χ3n) is 3.20. The largest absolute Gasteiger partial charge is 0.313 e. The van der Waals surface area contributed by atoms with E-state index >= 15 is 0 Å². The van der Waals surface area contributed by atoms with E-state index in [1.165, 1.54) is 19.5 Å². The van der Waals surface area contributed by atoms with Gasteiger partial charge in [0.05, 0.1) is 0 Å². The van der Waals surface area contributed by atoms with Crippen LogP contribution >= 0.6 is 0 Å². The minimum Gasteiger partial charge on any atom is -0.313 e. The van der Waals surface area contributed by atoms with Crippen molar-refractivity contribution in [2.45, 2.75) is 67.0 Å². The molecule has 0 amide bonds. The predicted molar refractivity (Wildman–Crippen MR) is 78.5 cm³/mol. The van der Waals surface area contributed by atoms with E-state index in [4.69, 9.17) is 0 Å². The Hall–Kier alpha value is -0.0800. The van der Waals surface area contributed by atoms with Gasteiger partial charge in [-0.2, -0.15) is 0 Å². The third kappa shape index (κ3) is 8.62. The van der Waals surface area contributed by atoms with Crippen LogP contribution < -0.4 is 5.32 Å². The molecule has 0 spiro atoms. The number of rotatable bonds is 9. The zero-order valence-corrected chi connectivity index (χ0v) is 13.1. The Balaban J connectivity index is 4.16. The molecule has 0 aromatic rings. The fourth-order valence-corrected chi connectivity index (χ4v) is 2.02. The molecule has 0 aliphatic carbocycles. The fraction of sp³-hybridized carbons (Fsp3) is 1.00. The molecule has 0 saturated carbocycles. The zero-order valence-electron chi connectivity index (χ0n) is 13.1. The molecular weight excluding hydrogens is 208 g/mol. The van der Waals surface area contributed by atoms with Crippen molar-refractivity contribution in [2.24, 2.45) is 11.8 Å². The van der Waals surface area contributed by atoms with E-state index in [0.29, 0.717) is 12.1 Å². The number of nitrogens with zero attached hydrogens (tertiary/aromatic N) is 1. The van der Waals surface area contributed by atoms with Gasteiger partial charge in [-0.3, -0.25) is 4.90 Å². The van der Waals surface area contributed by atoms with Crippen LogP contribution in [0.2, 0.25) is 0 Å². The Morgan fingerprint density at radius 2 is 1.35 bits per heavy atom. The molecule has 1 N–H and O–H groups in total. The molecule has 0 aliphatic rings. The second-order valence-electron chi connectivity index (χ2n) is 6.31. The van der Waals surface area contributed by atoms with Gasteiger partial charge in [0.25, 0.3) is 0 Å². The molecule has 104 valence electrons.